The summed E-state index contributed by atoms with van der Waals surface area (Å²) in [5, 5.41) is 4.90. The van der Waals surface area contributed by atoms with Gasteiger partial charge in [-0.1, -0.05) is 23.7 Å². The summed E-state index contributed by atoms with van der Waals surface area (Å²) in [6.45, 7) is 1.27. The number of halogens is 1. The fourth-order valence-corrected chi connectivity index (χ4v) is 3.73. The van der Waals surface area contributed by atoms with E-state index in [2.05, 4.69) is 10.1 Å². The number of rotatable bonds is 7. The molecule has 0 saturated carbocycles. The molecule has 0 amide bonds. The molecule has 1 aliphatic rings. The molecule has 7 nitrogen and oxygen atoms in total. The van der Waals surface area contributed by atoms with Crippen molar-refractivity contribution in [2.45, 2.75) is 18.4 Å². The quantitative estimate of drug-likeness (QED) is 0.437. The van der Waals surface area contributed by atoms with Gasteiger partial charge in [-0.3, -0.25) is 0 Å². The van der Waals surface area contributed by atoms with Crippen LogP contribution in [0.1, 0.15) is 5.56 Å². The molecule has 0 aliphatic carbocycles. The number of hydrogen-bond donors (Lipinski definition) is 0. The molecular formula is C23H21ClN4O3. The Bertz CT molecular complexity index is 1100. The van der Waals surface area contributed by atoms with E-state index in [0.29, 0.717) is 24.8 Å². The lowest BCUT2D eigenvalue weighted by Crippen LogP contribution is -2.34. The maximum absolute atomic E-state index is 6.40. The number of hydrogen-bond acceptors (Lipinski definition) is 5. The van der Waals surface area contributed by atoms with Gasteiger partial charge >= 0.3 is 0 Å². The van der Waals surface area contributed by atoms with Gasteiger partial charge in [0.25, 0.3) is 0 Å². The van der Waals surface area contributed by atoms with Crippen LogP contribution in [0.4, 0.5) is 0 Å². The van der Waals surface area contributed by atoms with Gasteiger partial charge in [0.15, 0.2) is 0 Å². The highest BCUT2D eigenvalue weighted by molar-refractivity contribution is 6.30. The number of aromatic nitrogens is 4. The van der Waals surface area contributed by atoms with E-state index in [9.17, 15) is 0 Å². The van der Waals surface area contributed by atoms with Crippen molar-refractivity contribution < 1.29 is 14.2 Å². The lowest BCUT2D eigenvalue weighted by Gasteiger charge is -2.29. The lowest BCUT2D eigenvalue weighted by molar-refractivity contribution is -0.189. The highest BCUT2D eigenvalue weighted by Crippen LogP contribution is 2.36. The standard InChI is InChI=1S/C23H21ClN4O3/c24-19-4-2-18(3-5-19)23(16-27-13-11-25-17-27)30-15-22(31-23)14-29-21-8-6-20(7-9-21)28-12-1-10-26-28/h1-13,17,22H,14-16H2. The number of benzene rings is 2. The summed E-state index contributed by atoms with van der Waals surface area (Å²) in [7, 11) is 0. The van der Waals surface area contributed by atoms with Crippen molar-refractivity contribution in [3.8, 4) is 11.4 Å². The molecule has 0 spiro atoms. The van der Waals surface area contributed by atoms with Crippen LogP contribution in [-0.4, -0.2) is 38.6 Å². The number of nitrogens with zero attached hydrogens (tertiary/aromatic N) is 4. The summed E-state index contributed by atoms with van der Waals surface area (Å²) in [5.41, 5.74) is 1.87. The van der Waals surface area contributed by atoms with E-state index >= 15 is 0 Å². The third-order valence-electron chi connectivity index (χ3n) is 5.13. The molecule has 0 radical (unpaired) electrons. The average molecular weight is 437 g/mol. The topological polar surface area (TPSA) is 63.3 Å². The van der Waals surface area contributed by atoms with E-state index in [1.807, 2.05) is 71.6 Å². The largest absolute Gasteiger partial charge is 0.491 e. The van der Waals surface area contributed by atoms with Crippen LogP contribution in [0.2, 0.25) is 5.02 Å². The van der Waals surface area contributed by atoms with E-state index in [0.717, 1.165) is 17.0 Å². The van der Waals surface area contributed by atoms with Crippen molar-refractivity contribution in [2.24, 2.45) is 0 Å². The summed E-state index contributed by atoms with van der Waals surface area (Å²) in [4.78, 5) is 4.12. The molecule has 3 heterocycles. The highest BCUT2D eigenvalue weighted by Gasteiger charge is 2.44. The van der Waals surface area contributed by atoms with Crippen LogP contribution in [-0.2, 0) is 21.8 Å². The van der Waals surface area contributed by atoms with E-state index in [1.54, 1.807) is 23.4 Å². The smallest absolute Gasteiger partial charge is 0.214 e. The van der Waals surface area contributed by atoms with Crippen molar-refractivity contribution in [3.05, 3.63) is 96.3 Å². The minimum Gasteiger partial charge on any atom is -0.491 e. The van der Waals surface area contributed by atoms with Gasteiger partial charge in [0, 0.05) is 35.4 Å². The lowest BCUT2D eigenvalue weighted by atomic mass is 10.1. The Morgan fingerprint density at radius 2 is 1.90 bits per heavy atom. The van der Waals surface area contributed by atoms with Crippen LogP contribution < -0.4 is 4.74 Å². The van der Waals surface area contributed by atoms with Crippen LogP contribution in [0.5, 0.6) is 5.75 Å². The van der Waals surface area contributed by atoms with Gasteiger partial charge in [0.2, 0.25) is 5.79 Å². The summed E-state index contributed by atoms with van der Waals surface area (Å²) >= 11 is 6.07. The average Bonchev–Trinajstić information content (AvgIpc) is 3.57. The van der Waals surface area contributed by atoms with Crippen LogP contribution >= 0.6 is 11.6 Å². The van der Waals surface area contributed by atoms with Crippen LogP contribution in [0.3, 0.4) is 0 Å². The molecule has 1 saturated heterocycles. The summed E-state index contributed by atoms with van der Waals surface area (Å²) in [5.74, 6) is -0.165. The van der Waals surface area contributed by atoms with Crippen molar-refractivity contribution in [1.82, 2.24) is 19.3 Å². The fraction of sp³-hybridized carbons (Fsp3) is 0.217. The van der Waals surface area contributed by atoms with Crippen LogP contribution in [0.25, 0.3) is 5.69 Å². The molecule has 2 aromatic heterocycles. The first-order chi connectivity index (χ1) is 15.2. The SMILES string of the molecule is Clc1ccc(C2(Cn3ccnc3)OCC(COc3ccc(-n4cccn4)cc3)O2)cc1. The first-order valence-electron chi connectivity index (χ1n) is 9.97. The minimum atomic E-state index is -0.927. The van der Waals surface area contributed by atoms with Crippen molar-refractivity contribution in [1.29, 1.82) is 0 Å². The molecule has 158 valence electrons. The van der Waals surface area contributed by atoms with Crippen molar-refractivity contribution in [3.63, 3.8) is 0 Å². The Morgan fingerprint density at radius 1 is 1.06 bits per heavy atom. The maximum Gasteiger partial charge on any atom is 0.214 e. The molecular weight excluding hydrogens is 416 g/mol. The maximum atomic E-state index is 6.40. The molecule has 0 N–H and O–H groups in total. The molecule has 2 aromatic carbocycles. The molecule has 2 unspecified atom stereocenters. The third-order valence-corrected chi connectivity index (χ3v) is 5.39. The zero-order valence-corrected chi connectivity index (χ0v) is 17.4. The van der Waals surface area contributed by atoms with E-state index in [-0.39, 0.29) is 6.10 Å². The monoisotopic (exact) mass is 436 g/mol. The fourth-order valence-electron chi connectivity index (χ4n) is 3.60. The molecule has 1 fully saturated rings. The van der Waals surface area contributed by atoms with Gasteiger partial charge in [-0.05, 0) is 42.5 Å². The Labute approximate surface area is 184 Å². The Kier molecular flexibility index (Phi) is 5.46. The van der Waals surface area contributed by atoms with Gasteiger partial charge in [-0.25, -0.2) is 9.67 Å². The molecule has 8 heteroatoms. The number of imidazole rings is 1. The third kappa shape index (κ3) is 4.34. The van der Waals surface area contributed by atoms with E-state index in [4.69, 9.17) is 25.8 Å². The molecule has 5 rings (SSSR count). The second-order valence-electron chi connectivity index (χ2n) is 7.30. The molecule has 2 atom stereocenters. The van der Waals surface area contributed by atoms with Gasteiger partial charge < -0.3 is 18.8 Å². The van der Waals surface area contributed by atoms with Crippen LogP contribution in [0.15, 0.2) is 85.7 Å². The van der Waals surface area contributed by atoms with Gasteiger partial charge in [-0.2, -0.15) is 5.10 Å². The van der Waals surface area contributed by atoms with E-state index < -0.39 is 5.79 Å². The first kappa shape index (κ1) is 19.8. The van der Waals surface area contributed by atoms with Crippen LogP contribution in [0, 0.1) is 0 Å². The first-order valence-corrected chi connectivity index (χ1v) is 10.3. The summed E-state index contributed by atoms with van der Waals surface area (Å²) < 4.78 is 22.3. The zero-order valence-electron chi connectivity index (χ0n) is 16.7. The second-order valence-corrected chi connectivity index (χ2v) is 7.74. The second kappa shape index (κ2) is 8.55. The Morgan fingerprint density at radius 3 is 2.61 bits per heavy atom. The predicted octanol–water partition coefficient (Wildman–Crippen LogP) is 4.07. The van der Waals surface area contributed by atoms with E-state index in [1.165, 1.54) is 0 Å². The molecule has 31 heavy (non-hydrogen) atoms. The van der Waals surface area contributed by atoms with Crippen molar-refractivity contribution >= 4 is 11.6 Å². The molecule has 4 aromatic rings. The Hall–Kier alpha value is -3.13. The summed E-state index contributed by atoms with van der Waals surface area (Å²) in [6, 6.07) is 17.2. The van der Waals surface area contributed by atoms with Crippen molar-refractivity contribution in [2.75, 3.05) is 13.2 Å². The zero-order chi connectivity index (χ0) is 21.1. The minimum absolute atomic E-state index is 0.218. The molecule has 1 aliphatic heterocycles. The normalized spacial score (nSPS) is 20.7. The number of ether oxygens (including phenoxy) is 3. The molecule has 0 bridgehead atoms. The highest BCUT2D eigenvalue weighted by atomic mass is 35.5. The van der Waals surface area contributed by atoms with Gasteiger partial charge in [-0.15, -0.1) is 0 Å². The van der Waals surface area contributed by atoms with Gasteiger partial charge in [0.05, 0.1) is 25.2 Å². The Balaban J connectivity index is 1.27. The predicted molar refractivity (Wildman–Crippen MR) is 115 cm³/mol. The summed E-state index contributed by atoms with van der Waals surface area (Å²) in [6.07, 6.45) is 8.79. The van der Waals surface area contributed by atoms with Gasteiger partial charge in [0.1, 0.15) is 18.5 Å².